The van der Waals surface area contributed by atoms with E-state index in [1.165, 1.54) is 45.3 Å². The molecule has 1 aromatic rings. The standard InChI is InChI=1S/C14H22O3.C12H17NO3.C8H13ClO.C6H10O2.CH4.ClH/c1-11(10-13(16)17-3)9-12(15)14(2)7-5-4-6-8-14;1-9-7-10(13(16)11(14)8-9)12(15)5-3-2-4-6-12;1-8(7(9)10)5-3-2-4-6-8;1-5(2)4-6(7)8-3;;/h10H,4-9H2,1-3H3;7-8,15-16H,2-6H2,1H3;2-6H2,1H3;4H,1-3H3;1H4;1H/b11-10+;;;;;. The van der Waals surface area contributed by atoms with Crippen LogP contribution in [0.2, 0.25) is 0 Å². The Morgan fingerprint density at radius 1 is 0.774 bits per heavy atom. The van der Waals surface area contributed by atoms with Crippen LogP contribution in [0.5, 0.6) is 0 Å². The Balaban J connectivity index is 0. The van der Waals surface area contributed by atoms with E-state index in [9.17, 15) is 34.3 Å². The first-order valence-electron chi connectivity index (χ1n) is 18.2. The maximum atomic E-state index is 12.2. The monoisotopic (exact) mass is 787 g/mol. The molecule has 12 heteroatoms. The van der Waals surface area contributed by atoms with Crippen molar-refractivity contribution < 1.29 is 39.0 Å². The number of Topliss-reactive ketones (excluding diaryl/α,β-unsaturated/α-hetero) is 1. The van der Waals surface area contributed by atoms with E-state index in [0.717, 1.165) is 87.3 Å². The second-order valence-corrected chi connectivity index (χ2v) is 15.4. The quantitative estimate of drug-likeness (QED) is 0.119. The number of carbonyl (C=O) groups excluding carboxylic acids is 4. The molecule has 10 nitrogen and oxygen atoms in total. The Kier molecular flexibility index (Phi) is 24.8. The van der Waals surface area contributed by atoms with Gasteiger partial charge in [0.1, 0.15) is 11.4 Å². The summed E-state index contributed by atoms with van der Waals surface area (Å²) in [6.07, 6.45) is 18.4. The van der Waals surface area contributed by atoms with Gasteiger partial charge in [-0.1, -0.05) is 90.2 Å². The number of nitrogens with zero attached hydrogens (tertiary/aromatic N) is 1. The van der Waals surface area contributed by atoms with Gasteiger partial charge in [0, 0.05) is 35.5 Å². The van der Waals surface area contributed by atoms with Crippen molar-refractivity contribution in [2.75, 3.05) is 14.2 Å². The molecular formula is C41H67Cl2NO9. The zero-order valence-corrected chi connectivity index (χ0v) is 34.2. The zero-order valence-electron chi connectivity index (χ0n) is 32.6. The molecule has 2 N–H and O–H groups in total. The third-order valence-electron chi connectivity index (χ3n) is 9.98. The number of hydrogen-bond donors (Lipinski definition) is 2. The van der Waals surface area contributed by atoms with E-state index in [0.29, 0.717) is 29.7 Å². The number of aryl methyl sites for hydroxylation is 1. The molecule has 53 heavy (non-hydrogen) atoms. The molecule has 304 valence electrons. The average Bonchev–Trinajstić information content (AvgIpc) is 3.07. The maximum Gasteiger partial charge on any atom is 0.330 e. The number of allylic oxidation sites excluding steroid dienone is 2. The average molecular weight is 789 g/mol. The van der Waals surface area contributed by atoms with Gasteiger partial charge in [0.05, 0.1) is 19.9 Å². The molecule has 0 unspecified atom stereocenters. The Morgan fingerprint density at radius 2 is 1.19 bits per heavy atom. The Morgan fingerprint density at radius 3 is 1.57 bits per heavy atom. The number of ketones is 1. The van der Waals surface area contributed by atoms with Crippen molar-refractivity contribution in [1.82, 2.24) is 4.73 Å². The van der Waals surface area contributed by atoms with Crippen molar-refractivity contribution in [3.63, 3.8) is 0 Å². The highest BCUT2D eigenvalue weighted by Crippen LogP contribution is 2.39. The SMILES string of the molecule is C.CC1(C(=O)Cl)CCCCC1.COC(=O)/C=C(\C)CC(=O)C1(C)CCCCC1.COC(=O)C=C(C)C.Cc1cc(C2(O)CCCCC2)n(O)c(=O)c1.Cl. The number of hydrogen-bond acceptors (Lipinski definition) is 9. The van der Waals surface area contributed by atoms with E-state index in [2.05, 4.69) is 16.4 Å². The highest BCUT2D eigenvalue weighted by Gasteiger charge is 2.35. The van der Waals surface area contributed by atoms with Crippen LogP contribution in [0.4, 0.5) is 0 Å². The Bertz CT molecular complexity index is 1420. The van der Waals surface area contributed by atoms with Gasteiger partial charge in [-0.05, 0) is 89.5 Å². The summed E-state index contributed by atoms with van der Waals surface area (Å²) >= 11 is 5.46. The summed E-state index contributed by atoms with van der Waals surface area (Å²) in [7, 11) is 2.71. The molecule has 3 saturated carbocycles. The van der Waals surface area contributed by atoms with Gasteiger partial charge in [0.15, 0.2) is 0 Å². The summed E-state index contributed by atoms with van der Waals surface area (Å²) in [6.45, 7) is 11.3. The zero-order chi connectivity index (χ0) is 38.8. The van der Waals surface area contributed by atoms with Gasteiger partial charge in [-0.2, -0.15) is 0 Å². The lowest BCUT2D eigenvalue weighted by molar-refractivity contribution is -0.135. The minimum Gasteiger partial charge on any atom is -0.466 e. The first-order valence-corrected chi connectivity index (χ1v) is 18.6. The van der Waals surface area contributed by atoms with Crippen LogP contribution in [0.3, 0.4) is 0 Å². The van der Waals surface area contributed by atoms with Gasteiger partial charge < -0.3 is 19.8 Å². The largest absolute Gasteiger partial charge is 0.466 e. The van der Waals surface area contributed by atoms with Gasteiger partial charge in [0.25, 0.3) is 5.56 Å². The first-order chi connectivity index (χ1) is 23.8. The van der Waals surface area contributed by atoms with Crippen LogP contribution in [0.25, 0.3) is 0 Å². The second kappa shape index (κ2) is 25.2. The minimum atomic E-state index is -1.04. The topological polar surface area (TPSA) is 149 Å². The number of aromatic nitrogens is 1. The minimum absolute atomic E-state index is 0. The summed E-state index contributed by atoms with van der Waals surface area (Å²) in [4.78, 5) is 55.9. The van der Waals surface area contributed by atoms with Crippen molar-refractivity contribution in [1.29, 1.82) is 0 Å². The van der Waals surface area contributed by atoms with Crippen molar-refractivity contribution in [2.24, 2.45) is 10.8 Å². The molecule has 1 heterocycles. The van der Waals surface area contributed by atoms with Crippen molar-refractivity contribution >= 4 is 47.0 Å². The second-order valence-electron chi connectivity index (χ2n) is 15.0. The molecule has 4 rings (SSSR count). The molecule has 0 atom stereocenters. The smallest absolute Gasteiger partial charge is 0.330 e. The Hall–Kier alpha value is -2.95. The van der Waals surface area contributed by atoms with Crippen LogP contribution in [0.15, 0.2) is 40.2 Å². The summed E-state index contributed by atoms with van der Waals surface area (Å²) in [5.74, 6) is -0.413. The third-order valence-corrected chi connectivity index (χ3v) is 10.4. The molecule has 0 aliphatic heterocycles. The van der Waals surface area contributed by atoms with Gasteiger partial charge in [-0.15, -0.1) is 17.1 Å². The molecule has 0 amide bonds. The van der Waals surface area contributed by atoms with Crippen LogP contribution in [0, 0.1) is 17.8 Å². The molecule has 0 aromatic carbocycles. The van der Waals surface area contributed by atoms with Crippen molar-refractivity contribution in [3.8, 4) is 0 Å². The van der Waals surface area contributed by atoms with E-state index >= 15 is 0 Å². The fourth-order valence-corrected chi connectivity index (χ4v) is 6.82. The maximum absolute atomic E-state index is 12.2. The van der Waals surface area contributed by atoms with Gasteiger partial charge in [-0.3, -0.25) is 14.4 Å². The number of ether oxygens (including phenoxy) is 2. The molecule has 3 fully saturated rings. The molecule has 0 radical (unpaired) electrons. The van der Waals surface area contributed by atoms with E-state index in [1.807, 2.05) is 20.8 Å². The lowest BCUT2D eigenvalue weighted by Crippen LogP contribution is -2.35. The first kappa shape index (κ1) is 52.2. The molecule has 0 bridgehead atoms. The van der Waals surface area contributed by atoms with E-state index in [4.69, 9.17) is 11.6 Å². The highest BCUT2D eigenvalue weighted by molar-refractivity contribution is 6.64. The third kappa shape index (κ3) is 18.3. The number of aliphatic hydroxyl groups is 1. The molecule has 0 spiro atoms. The van der Waals surface area contributed by atoms with Crippen LogP contribution in [0.1, 0.15) is 156 Å². The number of rotatable bonds is 7. The van der Waals surface area contributed by atoms with Gasteiger partial charge in [0.2, 0.25) is 5.24 Å². The van der Waals surface area contributed by atoms with E-state index in [1.54, 1.807) is 19.9 Å². The summed E-state index contributed by atoms with van der Waals surface area (Å²) in [5, 5.41) is 20.0. The lowest BCUT2D eigenvalue weighted by atomic mass is 9.71. The number of carbonyl (C=O) groups is 4. The predicted octanol–water partition coefficient (Wildman–Crippen LogP) is 9.49. The summed E-state index contributed by atoms with van der Waals surface area (Å²) in [5.41, 5.74) is 0.947. The van der Waals surface area contributed by atoms with Crippen LogP contribution < -0.4 is 5.56 Å². The number of esters is 2. The van der Waals surface area contributed by atoms with Crippen LogP contribution >= 0.6 is 24.0 Å². The normalized spacial score (nSPS) is 18.0. The fraction of sp³-hybridized carbons (Fsp3) is 0.683. The van der Waals surface area contributed by atoms with Crippen molar-refractivity contribution in [3.05, 3.63) is 57.0 Å². The number of methoxy groups -OCH3 is 2. The van der Waals surface area contributed by atoms with Gasteiger partial charge in [-0.25, -0.2) is 9.59 Å². The predicted molar refractivity (Wildman–Crippen MR) is 214 cm³/mol. The molecule has 3 aliphatic carbocycles. The molecule has 1 aromatic heterocycles. The lowest BCUT2D eigenvalue weighted by Gasteiger charge is -2.32. The summed E-state index contributed by atoms with van der Waals surface area (Å²) in [6, 6.07) is 3.04. The van der Waals surface area contributed by atoms with E-state index < -0.39 is 11.2 Å². The highest BCUT2D eigenvalue weighted by atomic mass is 35.5. The van der Waals surface area contributed by atoms with Crippen LogP contribution in [-0.4, -0.2) is 52.2 Å². The molecular weight excluding hydrogens is 721 g/mol. The molecule has 0 saturated heterocycles. The van der Waals surface area contributed by atoms with E-state index in [-0.39, 0.29) is 53.6 Å². The van der Waals surface area contributed by atoms with Crippen molar-refractivity contribution in [2.45, 2.75) is 157 Å². The number of halogens is 2. The fourth-order valence-electron chi connectivity index (χ4n) is 6.63. The summed E-state index contributed by atoms with van der Waals surface area (Å²) < 4.78 is 9.47. The Labute approximate surface area is 329 Å². The molecule has 3 aliphatic rings. The van der Waals surface area contributed by atoms with Gasteiger partial charge >= 0.3 is 11.9 Å². The van der Waals surface area contributed by atoms with Crippen LogP contribution in [-0.2, 0) is 34.3 Å². The number of pyridine rings is 1.